The van der Waals surface area contributed by atoms with Crippen LogP contribution >= 0.6 is 36.2 Å². The molecule has 2 aromatic rings. The second-order valence-electron chi connectivity index (χ2n) is 5.68. The minimum Gasteiger partial charge on any atom is -0.344 e. The summed E-state index contributed by atoms with van der Waals surface area (Å²) < 4.78 is 0. The zero-order chi connectivity index (χ0) is 15.5. The molecule has 0 bridgehead atoms. The molecule has 1 aromatic heterocycles. The van der Waals surface area contributed by atoms with Crippen molar-refractivity contribution in [2.75, 3.05) is 0 Å². The van der Waals surface area contributed by atoms with Crippen molar-refractivity contribution in [1.82, 2.24) is 10.3 Å². The lowest BCUT2D eigenvalue weighted by Gasteiger charge is -2.28. The van der Waals surface area contributed by atoms with Gasteiger partial charge in [-0.15, -0.1) is 36.2 Å². The summed E-state index contributed by atoms with van der Waals surface area (Å²) in [6, 6.07) is 9.37. The smallest absolute Gasteiger partial charge is 0.225 e. The molecular formula is C16H23Cl2N3OS. The molecule has 0 spiro atoms. The molecule has 7 heteroatoms. The molecule has 3 N–H and O–H groups in total. The maximum Gasteiger partial charge on any atom is 0.225 e. The van der Waals surface area contributed by atoms with Crippen LogP contribution in [0.15, 0.2) is 41.9 Å². The SMILES string of the molecule is CC(C(=O)NC(C)(C)c1nccs1)C(N)c1ccccc1.Cl.Cl. The van der Waals surface area contributed by atoms with Crippen LogP contribution in [0.1, 0.15) is 37.4 Å². The van der Waals surface area contributed by atoms with Crippen molar-refractivity contribution < 1.29 is 4.79 Å². The molecule has 0 saturated heterocycles. The molecule has 128 valence electrons. The zero-order valence-electron chi connectivity index (χ0n) is 13.4. The summed E-state index contributed by atoms with van der Waals surface area (Å²) in [7, 11) is 0. The first kappa shape index (κ1) is 21.9. The van der Waals surface area contributed by atoms with Crippen LogP contribution in [-0.4, -0.2) is 10.9 Å². The number of hydrogen-bond acceptors (Lipinski definition) is 4. The van der Waals surface area contributed by atoms with Gasteiger partial charge in [-0.25, -0.2) is 4.98 Å². The van der Waals surface area contributed by atoms with Gasteiger partial charge in [0.2, 0.25) is 5.91 Å². The summed E-state index contributed by atoms with van der Waals surface area (Å²) in [5.41, 5.74) is 6.68. The Kier molecular flexibility index (Phi) is 8.77. The number of carbonyl (C=O) groups is 1. The number of nitrogens with one attached hydrogen (secondary N) is 1. The van der Waals surface area contributed by atoms with Crippen LogP contribution in [0.4, 0.5) is 0 Å². The Morgan fingerprint density at radius 2 is 1.87 bits per heavy atom. The molecule has 0 saturated carbocycles. The number of benzene rings is 1. The van der Waals surface area contributed by atoms with Crippen LogP contribution < -0.4 is 11.1 Å². The lowest BCUT2D eigenvalue weighted by molar-refractivity contribution is -0.126. The molecule has 2 rings (SSSR count). The highest BCUT2D eigenvalue weighted by molar-refractivity contribution is 7.09. The Hall–Kier alpha value is -1.14. The number of nitrogens with two attached hydrogens (primary N) is 1. The Balaban J connectivity index is 0.00000242. The normalized spacial score (nSPS) is 13.2. The van der Waals surface area contributed by atoms with E-state index in [2.05, 4.69) is 10.3 Å². The molecule has 0 aliphatic carbocycles. The predicted octanol–water partition coefficient (Wildman–Crippen LogP) is 3.67. The van der Waals surface area contributed by atoms with Gasteiger partial charge in [0.15, 0.2) is 0 Å². The van der Waals surface area contributed by atoms with Gasteiger partial charge >= 0.3 is 0 Å². The molecule has 0 aliphatic heterocycles. The second kappa shape index (κ2) is 9.23. The van der Waals surface area contributed by atoms with Crippen LogP contribution in [-0.2, 0) is 10.3 Å². The third-order valence-electron chi connectivity index (χ3n) is 3.54. The van der Waals surface area contributed by atoms with E-state index in [0.29, 0.717) is 0 Å². The van der Waals surface area contributed by atoms with Gasteiger partial charge in [-0.3, -0.25) is 4.79 Å². The van der Waals surface area contributed by atoms with Gasteiger partial charge in [-0.05, 0) is 19.4 Å². The summed E-state index contributed by atoms with van der Waals surface area (Å²) in [6.07, 6.45) is 1.74. The van der Waals surface area contributed by atoms with Gasteiger partial charge in [-0.1, -0.05) is 37.3 Å². The summed E-state index contributed by atoms with van der Waals surface area (Å²) in [5, 5.41) is 5.83. The topological polar surface area (TPSA) is 68.0 Å². The minimum atomic E-state index is -0.490. The Morgan fingerprint density at radius 1 is 1.26 bits per heavy atom. The molecule has 0 aliphatic rings. The number of rotatable bonds is 5. The Bertz CT molecular complexity index is 591. The van der Waals surface area contributed by atoms with E-state index in [1.165, 1.54) is 11.3 Å². The van der Waals surface area contributed by atoms with Crippen molar-refractivity contribution in [1.29, 1.82) is 0 Å². The Labute approximate surface area is 153 Å². The van der Waals surface area contributed by atoms with E-state index in [9.17, 15) is 4.79 Å². The summed E-state index contributed by atoms with van der Waals surface area (Å²) in [5.74, 6) is -0.377. The number of thiazole rings is 1. The monoisotopic (exact) mass is 375 g/mol. The maximum absolute atomic E-state index is 12.5. The van der Waals surface area contributed by atoms with E-state index in [1.54, 1.807) is 6.20 Å². The number of halogens is 2. The number of nitrogens with zero attached hydrogens (tertiary/aromatic N) is 1. The minimum absolute atomic E-state index is 0. The first-order chi connectivity index (χ1) is 9.92. The van der Waals surface area contributed by atoms with Crippen molar-refractivity contribution in [2.45, 2.75) is 32.4 Å². The molecule has 1 amide bonds. The predicted molar refractivity (Wildman–Crippen MR) is 100 cm³/mol. The third kappa shape index (κ3) is 5.46. The number of hydrogen-bond donors (Lipinski definition) is 2. The van der Waals surface area contributed by atoms with Crippen molar-refractivity contribution in [2.24, 2.45) is 11.7 Å². The fraction of sp³-hybridized carbons (Fsp3) is 0.375. The van der Waals surface area contributed by atoms with Gasteiger partial charge in [0.1, 0.15) is 5.01 Å². The van der Waals surface area contributed by atoms with Gasteiger partial charge in [-0.2, -0.15) is 0 Å². The van der Waals surface area contributed by atoms with Gasteiger partial charge < -0.3 is 11.1 Å². The van der Waals surface area contributed by atoms with E-state index in [-0.39, 0.29) is 42.7 Å². The Morgan fingerprint density at radius 3 is 2.39 bits per heavy atom. The van der Waals surface area contributed by atoms with Crippen LogP contribution in [0.5, 0.6) is 0 Å². The van der Waals surface area contributed by atoms with E-state index in [0.717, 1.165) is 10.6 Å². The third-order valence-corrected chi connectivity index (χ3v) is 4.64. The van der Waals surface area contributed by atoms with Crippen molar-refractivity contribution in [3.63, 3.8) is 0 Å². The molecular weight excluding hydrogens is 353 g/mol. The molecule has 0 radical (unpaired) electrons. The summed E-state index contributed by atoms with van der Waals surface area (Å²) >= 11 is 1.53. The lowest BCUT2D eigenvalue weighted by atomic mass is 9.93. The molecule has 1 aromatic carbocycles. The van der Waals surface area contributed by atoms with E-state index in [1.807, 2.05) is 56.5 Å². The standard InChI is InChI=1S/C16H21N3OS.2ClH/c1-11(13(17)12-7-5-4-6-8-12)14(20)19-16(2,3)15-18-9-10-21-15;;/h4-11,13H,17H2,1-3H3,(H,19,20);2*1H. The average Bonchev–Trinajstić information content (AvgIpc) is 3.01. The van der Waals surface area contributed by atoms with Crippen LogP contribution in [0.3, 0.4) is 0 Å². The molecule has 23 heavy (non-hydrogen) atoms. The second-order valence-corrected chi connectivity index (χ2v) is 6.57. The van der Waals surface area contributed by atoms with Crippen molar-refractivity contribution in [3.05, 3.63) is 52.5 Å². The summed E-state index contributed by atoms with van der Waals surface area (Å²) in [4.78, 5) is 16.7. The summed E-state index contributed by atoms with van der Waals surface area (Å²) in [6.45, 7) is 5.75. The quantitative estimate of drug-likeness (QED) is 0.837. The first-order valence-electron chi connectivity index (χ1n) is 6.94. The molecule has 2 atom stereocenters. The van der Waals surface area contributed by atoms with Crippen molar-refractivity contribution in [3.8, 4) is 0 Å². The van der Waals surface area contributed by atoms with E-state index < -0.39 is 5.54 Å². The van der Waals surface area contributed by atoms with Crippen LogP contribution in [0.25, 0.3) is 0 Å². The molecule has 1 heterocycles. The molecule has 0 fully saturated rings. The molecule has 2 unspecified atom stereocenters. The molecule has 4 nitrogen and oxygen atoms in total. The lowest BCUT2D eigenvalue weighted by Crippen LogP contribution is -2.45. The van der Waals surface area contributed by atoms with Crippen LogP contribution in [0.2, 0.25) is 0 Å². The van der Waals surface area contributed by atoms with Crippen LogP contribution in [0, 0.1) is 5.92 Å². The van der Waals surface area contributed by atoms with Gasteiger partial charge in [0.25, 0.3) is 0 Å². The largest absolute Gasteiger partial charge is 0.344 e. The number of amides is 1. The zero-order valence-corrected chi connectivity index (χ0v) is 15.8. The highest BCUT2D eigenvalue weighted by atomic mass is 35.5. The van der Waals surface area contributed by atoms with E-state index >= 15 is 0 Å². The van der Waals surface area contributed by atoms with Gasteiger partial charge in [0.05, 0.1) is 11.5 Å². The van der Waals surface area contributed by atoms with Crippen molar-refractivity contribution >= 4 is 42.1 Å². The fourth-order valence-electron chi connectivity index (χ4n) is 2.13. The van der Waals surface area contributed by atoms with E-state index in [4.69, 9.17) is 5.73 Å². The highest BCUT2D eigenvalue weighted by Gasteiger charge is 2.30. The number of aromatic nitrogens is 1. The number of carbonyl (C=O) groups excluding carboxylic acids is 1. The maximum atomic E-state index is 12.5. The first-order valence-corrected chi connectivity index (χ1v) is 7.82. The fourth-order valence-corrected chi connectivity index (χ4v) is 2.85. The average molecular weight is 376 g/mol. The highest BCUT2D eigenvalue weighted by Crippen LogP contribution is 2.25. The van der Waals surface area contributed by atoms with Gasteiger partial charge in [0, 0.05) is 17.6 Å².